The molecule has 0 aliphatic rings. The number of H-pyrrole nitrogens is 1. The van der Waals surface area contributed by atoms with E-state index >= 15 is 0 Å². The lowest BCUT2D eigenvalue weighted by Gasteiger charge is -2.28. The number of hydrogen-bond acceptors (Lipinski definition) is 4. The lowest BCUT2D eigenvalue weighted by molar-refractivity contribution is 0.184. The first-order chi connectivity index (χ1) is 7.20. The molecule has 0 amide bonds. The van der Waals surface area contributed by atoms with Gasteiger partial charge in [0, 0.05) is 12.7 Å². The molecule has 4 N–H and O–H groups in total. The van der Waals surface area contributed by atoms with Gasteiger partial charge < -0.3 is 15.8 Å². The molecule has 0 radical (unpaired) electrons. The summed E-state index contributed by atoms with van der Waals surface area (Å²) in [6.45, 7) is 3.39. The van der Waals surface area contributed by atoms with Gasteiger partial charge >= 0.3 is 0 Å². The number of nitrogens with one attached hydrogen (secondary N) is 1. The number of aliphatic hydroxyl groups excluding tert-OH is 1. The van der Waals surface area contributed by atoms with Crippen LogP contribution in [0.5, 0.6) is 0 Å². The molecule has 0 aliphatic heterocycles. The zero-order valence-corrected chi connectivity index (χ0v) is 9.50. The van der Waals surface area contributed by atoms with Gasteiger partial charge in [-0.05, 0) is 6.54 Å². The molecule has 0 saturated heterocycles. The number of aromatic amines is 1. The minimum atomic E-state index is -0.181. The molecular formula is C9H16N4OS. The van der Waals surface area contributed by atoms with Gasteiger partial charge in [-0.1, -0.05) is 19.1 Å². The summed E-state index contributed by atoms with van der Waals surface area (Å²) in [5, 5.41) is 8.94. The summed E-state index contributed by atoms with van der Waals surface area (Å²) in [4.78, 5) is 9.31. The number of likely N-dealkylation sites (N-methyl/N-ethyl adjacent to an activating group) is 1. The van der Waals surface area contributed by atoms with E-state index in [0.29, 0.717) is 11.5 Å². The Hall–Kier alpha value is -0.980. The number of nitrogens with two attached hydrogens (primary N) is 1. The summed E-state index contributed by atoms with van der Waals surface area (Å²) in [6, 6.07) is -0.181. The van der Waals surface area contributed by atoms with Gasteiger partial charge in [-0.3, -0.25) is 4.90 Å². The Bertz CT molecular complexity index is 301. The van der Waals surface area contributed by atoms with Gasteiger partial charge in [0.1, 0.15) is 6.04 Å². The molecule has 0 aromatic carbocycles. The summed E-state index contributed by atoms with van der Waals surface area (Å²) in [5.41, 5.74) is 6.55. The van der Waals surface area contributed by atoms with Crippen LogP contribution in [-0.2, 0) is 0 Å². The summed E-state index contributed by atoms with van der Waals surface area (Å²) >= 11 is 5.03. The minimum absolute atomic E-state index is 0.0844. The van der Waals surface area contributed by atoms with Crippen LogP contribution in [0.1, 0.15) is 18.7 Å². The molecule has 0 aliphatic carbocycles. The van der Waals surface area contributed by atoms with Crippen molar-refractivity contribution in [3.05, 3.63) is 18.2 Å². The predicted octanol–water partition coefficient (Wildman–Crippen LogP) is 0.0511. The zero-order valence-electron chi connectivity index (χ0n) is 8.68. The number of aliphatic hydroxyl groups is 1. The smallest absolute Gasteiger partial charge is 0.102 e. The topological polar surface area (TPSA) is 78.2 Å². The van der Waals surface area contributed by atoms with Crippen molar-refractivity contribution in [3.63, 3.8) is 0 Å². The van der Waals surface area contributed by atoms with E-state index in [2.05, 4.69) is 9.97 Å². The maximum Gasteiger partial charge on any atom is 0.102 e. The van der Waals surface area contributed by atoms with E-state index in [1.165, 1.54) is 0 Å². The van der Waals surface area contributed by atoms with E-state index in [-0.39, 0.29) is 12.6 Å². The largest absolute Gasteiger partial charge is 0.395 e. The van der Waals surface area contributed by atoms with Crippen LogP contribution in [0.2, 0.25) is 0 Å². The fraction of sp³-hybridized carbons (Fsp3) is 0.556. The number of aromatic nitrogens is 2. The Kier molecular flexibility index (Phi) is 4.67. The average molecular weight is 228 g/mol. The number of hydrogen-bond donors (Lipinski definition) is 3. The van der Waals surface area contributed by atoms with E-state index in [1.54, 1.807) is 12.5 Å². The first kappa shape index (κ1) is 12.1. The van der Waals surface area contributed by atoms with Gasteiger partial charge in [0.2, 0.25) is 0 Å². The Morgan fingerprint density at radius 3 is 2.93 bits per heavy atom. The first-order valence-electron chi connectivity index (χ1n) is 4.83. The van der Waals surface area contributed by atoms with Crippen molar-refractivity contribution in [2.24, 2.45) is 5.73 Å². The summed E-state index contributed by atoms with van der Waals surface area (Å²) < 4.78 is 0. The lowest BCUT2D eigenvalue weighted by atomic mass is 10.2. The van der Waals surface area contributed by atoms with Crippen LogP contribution in [0, 0.1) is 0 Å². The van der Waals surface area contributed by atoms with Crippen LogP contribution in [0.3, 0.4) is 0 Å². The minimum Gasteiger partial charge on any atom is -0.395 e. The second-order valence-corrected chi connectivity index (χ2v) is 3.64. The molecule has 1 rings (SSSR count). The number of rotatable bonds is 6. The van der Waals surface area contributed by atoms with Gasteiger partial charge in [0.15, 0.2) is 0 Å². The van der Waals surface area contributed by atoms with Crippen LogP contribution in [0.15, 0.2) is 12.5 Å². The van der Waals surface area contributed by atoms with Crippen molar-refractivity contribution in [3.8, 4) is 0 Å². The van der Waals surface area contributed by atoms with Crippen LogP contribution in [0.25, 0.3) is 0 Å². The van der Waals surface area contributed by atoms with Crippen molar-refractivity contribution in [1.29, 1.82) is 0 Å². The molecule has 0 bridgehead atoms. The number of imidazole rings is 1. The molecular weight excluding hydrogens is 212 g/mol. The van der Waals surface area contributed by atoms with Gasteiger partial charge in [-0.15, -0.1) is 0 Å². The molecule has 5 nitrogen and oxygen atoms in total. The van der Waals surface area contributed by atoms with Crippen molar-refractivity contribution >= 4 is 17.2 Å². The molecule has 15 heavy (non-hydrogen) atoms. The van der Waals surface area contributed by atoms with Gasteiger partial charge in [-0.2, -0.15) is 0 Å². The van der Waals surface area contributed by atoms with Crippen LogP contribution >= 0.6 is 12.2 Å². The third-order valence-corrected chi connectivity index (χ3v) is 2.47. The van der Waals surface area contributed by atoms with Crippen LogP contribution < -0.4 is 5.73 Å². The quantitative estimate of drug-likeness (QED) is 0.600. The fourth-order valence-corrected chi connectivity index (χ4v) is 1.82. The molecule has 84 valence electrons. The Morgan fingerprint density at radius 1 is 1.80 bits per heavy atom. The Morgan fingerprint density at radius 2 is 2.53 bits per heavy atom. The fourth-order valence-electron chi connectivity index (χ4n) is 1.54. The maximum atomic E-state index is 8.94. The van der Waals surface area contributed by atoms with Crippen molar-refractivity contribution in [2.45, 2.75) is 13.0 Å². The molecule has 1 aromatic rings. The second kappa shape index (κ2) is 5.79. The van der Waals surface area contributed by atoms with Crippen LogP contribution in [0.4, 0.5) is 0 Å². The van der Waals surface area contributed by atoms with Crippen LogP contribution in [-0.4, -0.2) is 44.7 Å². The molecule has 1 atom stereocenters. The molecule has 0 fully saturated rings. The third kappa shape index (κ3) is 2.98. The summed E-state index contributed by atoms with van der Waals surface area (Å²) in [6.07, 6.45) is 3.29. The SMILES string of the molecule is CCN(CCO)C(C(N)=S)c1cnc[nH]1. The molecule has 1 unspecified atom stereocenters. The first-order valence-corrected chi connectivity index (χ1v) is 5.24. The van der Waals surface area contributed by atoms with Crippen molar-refractivity contribution in [2.75, 3.05) is 19.7 Å². The second-order valence-electron chi connectivity index (χ2n) is 3.16. The lowest BCUT2D eigenvalue weighted by Crippen LogP contribution is -2.38. The van der Waals surface area contributed by atoms with E-state index in [4.69, 9.17) is 23.1 Å². The molecule has 0 saturated carbocycles. The highest BCUT2D eigenvalue weighted by Gasteiger charge is 2.22. The average Bonchev–Trinajstić information content (AvgIpc) is 2.69. The highest BCUT2D eigenvalue weighted by atomic mass is 32.1. The standard InChI is InChI=1S/C9H16N4OS/c1-2-13(3-4-14)8(9(10)15)7-5-11-6-12-7/h5-6,8,14H,2-4H2,1H3,(H2,10,15)(H,11,12). The molecule has 0 spiro atoms. The monoisotopic (exact) mass is 228 g/mol. The normalized spacial score (nSPS) is 13.0. The van der Waals surface area contributed by atoms with E-state index < -0.39 is 0 Å². The molecule has 1 heterocycles. The zero-order chi connectivity index (χ0) is 11.3. The summed E-state index contributed by atoms with van der Waals surface area (Å²) in [7, 11) is 0. The number of nitrogens with zero attached hydrogens (tertiary/aromatic N) is 2. The van der Waals surface area contributed by atoms with Crippen molar-refractivity contribution in [1.82, 2.24) is 14.9 Å². The third-order valence-electron chi connectivity index (χ3n) is 2.24. The maximum absolute atomic E-state index is 8.94. The van der Waals surface area contributed by atoms with Gasteiger partial charge in [0.25, 0.3) is 0 Å². The molecule has 1 aromatic heterocycles. The van der Waals surface area contributed by atoms with Crippen molar-refractivity contribution < 1.29 is 5.11 Å². The van der Waals surface area contributed by atoms with E-state index in [9.17, 15) is 0 Å². The van der Waals surface area contributed by atoms with Gasteiger partial charge in [0.05, 0.1) is 23.6 Å². The Balaban J connectivity index is 2.86. The van der Waals surface area contributed by atoms with E-state index in [0.717, 1.165) is 12.2 Å². The van der Waals surface area contributed by atoms with Gasteiger partial charge in [-0.25, -0.2) is 4.98 Å². The predicted molar refractivity (Wildman–Crippen MR) is 62.4 cm³/mol. The number of thiocarbonyl (C=S) groups is 1. The highest BCUT2D eigenvalue weighted by Crippen LogP contribution is 2.17. The summed E-state index contributed by atoms with van der Waals surface area (Å²) in [5.74, 6) is 0. The van der Waals surface area contributed by atoms with E-state index in [1.807, 2.05) is 11.8 Å². The molecule has 6 heteroatoms. The Labute approximate surface area is 94.3 Å². The highest BCUT2D eigenvalue weighted by molar-refractivity contribution is 7.80.